The first-order valence-electron chi connectivity index (χ1n) is 9.78. The summed E-state index contributed by atoms with van der Waals surface area (Å²) < 4.78 is 38.6. The van der Waals surface area contributed by atoms with Crippen LogP contribution in [0.5, 0.6) is 0 Å². The summed E-state index contributed by atoms with van der Waals surface area (Å²) in [6, 6.07) is 16.1. The maximum atomic E-state index is 12.9. The lowest BCUT2D eigenvalue weighted by molar-refractivity contribution is 0.0199. The van der Waals surface area contributed by atoms with Crippen molar-refractivity contribution in [3.63, 3.8) is 0 Å². The zero-order valence-corrected chi connectivity index (χ0v) is 17.8. The lowest BCUT2D eigenvalue weighted by atomic mass is 10.1. The molecule has 1 atom stereocenters. The second-order valence-corrected chi connectivity index (χ2v) is 9.37. The topological polar surface area (TPSA) is 85.5 Å². The number of piperidine rings is 1. The molecule has 0 amide bonds. The van der Waals surface area contributed by atoms with E-state index >= 15 is 0 Å². The van der Waals surface area contributed by atoms with Gasteiger partial charge in [0, 0.05) is 25.1 Å². The van der Waals surface area contributed by atoms with Gasteiger partial charge in [0.1, 0.15) is 4.90 Å². The Bertz CT molecular complexity index is 1090. The van der Waals surface area contributed by atoms with Crippen molar-refractivity contribution >= 4 is 21.6 Å². The zero-order valence-electron chi connectivity index (χ0n) is 16.3. The van der Waals surface area contributed by atoms with E-state index in [0.29, 0.717) is 37.8 Å². The Morgan fingerprint density at radius 1 is 1.13 bits per heavy atom. The van der Waals surface area contributed by atoms with Crippen LogP contribution in [0.15, 0.2) is 64.0 Å². The number of ether oxygens (including phenoxy) is 1. The first kappa shape index (κ1) is 21.0. The number of aromatic nitrogens is 2. The second kappa shape index (κ2) is 9.26. The van der Waals surface area contributed by atoms with Gasteiger partial charge in [0.05, 0.1) is 17.7 Å². The van der Waals surface area contributed by atoms with Crippen LogP contribution in [0.4, 0.5) is 0 Å². The van der Waals surface area contributed by atoms with Crippen LogP contribution in [-0.2, 0) is 21.2 Å². The van der Waals surface area contributed by atoms with Gasteiger partial charge in [-0.25, -0.2) is 8.42 Å². The molecule has 0 bridgehead atoms. The molecule has 4 rings (SSSR count). The van der Waals surface area contributed by atoms with Gasteiger partial charge in [-0.15, -0.1) is 0 Å². The molecule has 0 aliphatic carbocycles. The Labute approximate surface area is 180 Å². The molecule has 30 heavy (non-hydrogen) atoms. The minimum Gasteiger partial charge on any atom is -0.376 e. The van der Waals surface area contributed by atoms with Crippen LogP contribution in [0.3, 0.4) is 0 Å². The van der Waals surface area contributed by atoms with Gasteiger partial charge in [0.15, 0.2) is 5.82 Å². The molecule has 3 aromatic rings. The largest absolute Gasteiger partial charge is 0.376 e. The van der Waals surface area contributed by atoms with Crippen LogP contribution in [-0.4, -0.2) is 48.7 Å². The van der Waals surface area contributed by atoms with Crippen molar-refractivity contribution in [1.82, 2.24) is 14.4 Å². The average Bonchev–Trinajstić information content (AvgIpc) is 3.24. The number of hydrogen-bond acceptors (Lipinski definition) is 6. The van der Waals surface area contributed by atoms with Gasteiger partial charge in [0.25, 0.3) is 5.89 Å². The van der Waals surface area contributed by atoms with Crippen molar-refractivity contribution in [2.45, 2.75) is 30.3 Å². The minimum absolute atomic E-state index is 0.132. The molecule has 2 aromatic carbocycles. The van der Waals surface area contributed by atoms with E-state index in [-0.39, 0.29) is 16.0 Å². The molecule has 0 N–H and O–H groups in total. The molecular weight excluding hydrogens is 426 g/mol. The smallest absolute Gasteiger partial charge is 0.257 e. The van der Waals surface area contributed by atoms with E-state index in [9.17, 15) is 8.42 Å². The molecule has 0 spiro atoms. The molecule has 7 nitrogen and oxygen atoms in total. The molecule has 1 aromatic heterocycles. The number of nitrogens with zero attached hydrogens (tertiary/aromatic N) is 3. The van der Waals surface area contributed by atoms with Gasteiger partial charge in [0.2, 0.25) is 10.0 Å². The maximum absolute atomic E-state index is 12.9. The van der Waals surface area contributed by atoms with Gasteiger partial charge in [-0.2, -0.15) is 9.29 Å². The summed E-state index contributed by atoms with van der Waals surface area (Å²) in [7, 11) is -3.65. The van der Waals surface area contributed by atoms with Crippen molar-refractivity contribution in [3.8, 4) is 11.5 Å². The van der Waals surface area contributed by atoms with Gasteiger partial charge in [-0.1, -0.05) is 47.1 Å². The van der Waals surface area contributed by atoms with E-state index < -0.39 is 10.0 Å². The monoisotopic (exact) mass is 447 g/mol. The van der Waals surface area contributed by atoms with Crippen LogP contribution >= 0.6 is 11.6 Å². The Hall–Kier alpha value is -2.26. The highest BCUT2D eigenvalue weighted by Gasteiger charge is 2.31. The number of benzene rings is 2. The van der Waals surface area contributed by atoms with E-state index in [0.717, 1.165) is 18.4 Å². The molecule has 1 aliphatic heterocycles. The van der Waals surface area contributed by atoms with Crippen LogP contribution in [0.2, 0.25) is 5.02 Å². The van der Waals surface area contributed by atoms with Crippen molar-refractivity contribution in [2.75, 3.05) is 19.7 Å². The van der Waals surface area contributed by atoms with Crippen molar-refractivity contribution in [1.29, 1.82) is 0 Å². The first-order valence-corrected chi connectivity index (χ1v) is 11.6. The van der Waals surface area contributed by atoms with Crippen LogP contribution in [0.25, 0.3) is 11.5 Å². The Morgan fingerprint density at radius 2 is 1.90 bits per heavy atom. The lowest BCUT2D eigenvalue weighted by Gasteiger charge is -2.32. The highest BCUT2D eigenvalue weighted by Crippen LogP contribution is 2.27. The summed E-state index contributed by atoms with van der Waals surface area (Å²) in [5, 5.41) is 4.22. The van der Waals surface area contributed by atoms with Crippen molar-refractivity contribution in [3.05, 3.63) is 65.4 Å². The van der Waals surface area contributed by atoms with Crippen LogP contribution in [0.1, 0.15) is 18.7 Å². The first-order chi connectivity index (χ1) is 14.5. The van der Waals surface area contributed by atoms with Gasteiger partial charge < -0.3 is 9.26 Å². The summed E-state index contributed by atoms with van der Waals surface area (Å²) in [6.45, 7) is 1.15. The Balaban J connectivity index is 1.33. The summed E-state index contributed by atoms with van der Waals surface area (Å²) >= 11 is 6.10. The molecule has 0 saturated carbocycles. The van der Waals surface area contributed by atoms with E-state index in [2.05, 4.69) is 10.1 Å². The van der Waals surface area contributed by atoms with Crippen molar-refractivity contribution < 1.29 is 17.7 Å². The molecule has 158 valence electrons. The van der Waals surface area contributed by atoms with Gasteiger partial charge in [-0.05, 0) is 37.1 Å². The molecule has 2 heterocycles. The molecule has 9 heteroatoms. The van der Waals surface area contributed by atoms with Gasteiger partial charge in [-0.3, -0.25) is 0 Å². The van der Waals surface area contributed by atoms with Crippen LogP contribution < -0.4 is 0 Å². The summed E-state index contributed by atoms with van der Waals surface area (Å²) in [4.78, 5) is 4.52. The standard InChI is InChI=1S/C21H22ClN3O4S/c22-18-10-4-5-11-19(18)30(26,27)25-13-6-9-17(15-25)28-14-12-20-23-21(29-24-20)16-7-2-1-3-8-16/h1-5,7-8,10-11,17H,6,9,12-15H2. The third kappa shape index (κ3) is 4.73. The van der Waals surface area contributed by atoms with E-state index in [1.807, 2.05) is 30.3 Å². The number of rotatable bonds is 7. The predicted octanol–water partition coefficient (Wildman–Crippen LogP) is 3.80. The van der Waals surface area contributed by atoms with Crippen molar-refractivity contribution in [2.24, 2.45) is 0 Å². The predicted molar refractivity (Wildman–Crippen MR) is 113 cm³/mol. The number of sulfonamides is 1. The highest BCUT2D eigenvalue weighted by atomic mass is 35.5. The van der Waals surface area contributed by atoms with E-state index in [1.54, 1.807) is 18.2 Å². The average molecular weight is 448 g/mol. The number of hydrogen-bond donors (Lipinski definition) is 0. The molecule has 1 saturated heterocycles. The Morgan fingerprint density at radius 3 is 2.70 bits per heavy atom. The molecule has 1 aliphatic rings. The third-order valence-corrected chi connectivity index (χ3v) is 7.33. The maximum Gasteiger partial charge on any atom is 0.257 e. The van der Waals surface area contributed by atoms with E-state index in [1.165, 1.54) is 10.4 Å². The summed E-state index contributed by atoms with van der Waals surface area (Å²) in [5.74, 6) is 1.03. The fourth-order valence-electron chi connectivity index (χ4n) is 3.42. The second-order valence-electron chi connectivity index (χ2n) is 7.06. The fourth-order valence-corrected chi connectivity index (χ4v) is 5.43. The summed E-state index contributed by atoms with van der Waals surface area (Å²) in [5.41, 5.74) is 0.866. The minimum atomic E-state index is -3.65. The lowest BCUT2D eigenvalue weighted by Crippen LogP contribution is -2.43. The fraction of sp³-hybridized carbons (Fsp3) is 0.333. The quantitative estimate of drug-likeness (QED) is 0.547. The molecule has 1 fully saturated rings. The van der Waals surface area contributed by atoms with Gasteiger partial charge >= 0.3 is 0 Å². The highest BCUT2D eigenvalue weighted by molar-refractivity contribution is 7.89. The Kier molecular flexibility index (Phi) is 6.48. The molecule has 1 unspecified atom stereocenters. The normalized spacial score (nSPS) is 17.8. The van der Waals surface area contributed by atoms with Crippen LogP contribution in [0, 0.1) is 0 Å². The SMILES string of the molecule is O=S(=O)(c1ccccc1Cl)N1CCCC(OCCc2noc(-c3ccccc3)n2)C1. The molecule has 0 radical (unpaired) electrons. The summed E-state index contributed by atoms with van der Waals surface area (Å²) in [6.07, 6.45) is 1.84. The number of halogens is 1. The third-order valence-electron chi connectivity index (χ3n) is 4.96. The zero-order chi connectivity index (χ0) is 21.0. The molecular formula is C21H22ClN3O4S. The van der Waals surface area contributed by atoms with E-state index in [4.69, 9.17) is 20.9 Å².